The Morgan fingerprint density at radius 3 is 2.50 bits per heavy atom. The quantitative estimate of drug-likeness (QED) is 0.790. The van der Waals surface area contributed by atoms with Crippen molar-refractivity contribution in [2.24, 2.45) is 0 Å². The molecule has 0 bridgehead atoms. The first-order chi connectivity index (χ1) is 7.54. The molecule has 0 aliphatic carbocycles. The van der Waals surface area contributed by atoms with Gasteiger partial charge < -0.3 is 14.9 Å². The second-order valence-electron chi connectivity index (χ2n) is 3.14. The summed E-state index contributed by atoms with van der Waals surface area (Å²) in [6, 6.07) is 4.35. The van der Waals surface area contributed by atoms with E-state index in [0.717, 1.165) is 0 Å². The van der Waals surface area contributed by atoms with E-state index in [0.29, 0.717) is 12.2 Å². The number of aliphatic carboxylic acids is 1. The summed E-state index contributed by atoms with van der Waals surface area (Å²) >= 11 is 0. The Kier molecular flexibility index (Phi) is 3.88. The fraction of sp³-hybridized carbons (Fsp3) is 0.273. The molecule has 5 nitrogen and oxygen atoms in total. The molecule has 0 amide bonds. The topological polar surface area (TPSA) is 83.8 Å². The monoisotopic (exact) mass is 224 g/mol. The molecule has 0 saturated heterocycles. The molecule has 0 atom stereocenters. The zero-order chi connectivity index (χ0) is 12.1. The zero-order valence-corrected chi connectivity index (χ0v) is 8.77. The molecule has 0 aromatic heterocycles. The van der Waals surface area contributed by atoms with Crippen LogP contribution < -0.4 is 4.74 Å². The van der Waals surface area contributed by atoms with Gasteiger partial charge in [-0.25, -0.2) is 4.79 Å². The van der Waals surface area contributed by atoms with E-state index in [1.807, 2.05) is 0 Å². The molecule has 1 aromatic rings. The summed E-state index contributed by atoms with van der Waals surface area (Å²) in [5, 5.41) is 17.5. The number of carboxylic acids is 2. The van der Waals surface area contributed by atoms with Crippen molar-refractivity contribution in [3.05, 3.63) is 29.3 Å². The van der Waals surface area contributed by atoms with Gasteiger partial charge in [-0.3, -0.25) is 4.79 Å². The van der Waals surface area contributed by atoms with Gasteiger partial charge in [-0.05, 0) is 24.6 Å². The van der Waals surface area contributed by atoms with Crippen LogP contribution in [0.1, 0.15) is 22.8 Å². The number of benzene rings is 1. The number of hydrogen-bond donors (Lipinski definition) is 2. The minimum absolute atomic E-state index is 0.0133. The number of ether oxygens (including phenoxy) is 1. The summed E-state index contributed by atoms with van der Waals surface area (Å²) in [5.74, 6) is -1.87. The van der Waals surface area contributed by atoms with Gasteiger partial charge in [0.05, 0.1) is 13.0 Å². The van der Waals surface area contributed by atoms with Crippen LogP contribution in [0.15, 0.2) is 18.2 Å². The third-order valence-corrected chi connectivity index (χ3v) is 1.93. The summed E-state index contributed by atoms with van der Waals surface area (Å²) in [6.07, 6.45) is -0.202. The number of carbonyl (C=O) groups is 2. The molecule has 1 aromatic carbocycles. The molecule has 0 radical (unpaired) electrons. The maximum absolute atomic E-state index is 10.9. The third kappa shape index (κ3) is 2.98. The molecule has 0 saturated carbocycles. The van der Waals surface area contributed by atoms with Crippen LogP contribution in [-0.4, -0.2) is 28.8 Å². The molecule has 1 rings (SSSR count). The van der Waals surface area contributed by atoms with E-state index in [4.69, 9.17) is 14.9 Å². The first-order valence-electron chi connectivity index (χ1n) is 4.75. The van der Waals surface area contributed by atoms with E-state index in [1.165, 1.54) is 12.1 Å². The highest BCUT2D eigenvalue weighted by molar-refractivity contribution is 5.91. The largest absolute Gasteiger partial charge is 0.493 e. The van der Waals surface area contributed by atoms with E-state index in [9.17, 15) is 9.59 Å². The van der Waals surface area contributed by atoms with Crippen LogP contribution in [0, 0.1) is 0 Å². The fourth-order valence-electron chi connectivity index (χ4n) is 1.31. The highest BCUT2D eigenvalue weighted by Gasteiger charge is 2.13. The first-order valence-corrected chi connectivity index (χ1v) is 4.75. The van der Waals surface area contributed by atoms with Crippen molar-refractivity contribution in [3.8, 4) is 5.75 Å². The maximum atomic E-state index is 10.9. The lowest BCUT2D eigenvalue weighted by molar-refractivity contribution is -0.136. The average molecular weight is 224 g/mol. The predicted octanol–water partition coefficient (Wildman–Crippen LogP) is 1.41. The lowest BCUT2D eigenvalue weighted by Gasteiger charge is -2.08. The molecule has 0 aliphatic heterocycles. The highest BCUT2D eigenvalue weighted by Crippen LogP contribution is 2.20. The fourth-order valence-corrected chi connectivity index (χ4v) is 1.31. The average Bonchev–Trinajstić information content (AvgIpc) is 2.19. The Morgan fingerprint density at radius 2 is 2.00 bits per heavy atom. The number of rotatable bonds is 5. The van der Waals surface area contributed by atoms with Gasteiger partial charge in [0.15, 0.2) is 0 Å². The third-order valence-electron chi connectivity index (χ3n) is 1.93. The van der Waals surface area contributed by atoms with Crippen molar-refractivity contribution >= 4 is 11.9 Å². The Morgan fingerprint density at radius 1 is 1.31 bits per heavy atom. The number of aromatic carboxylic acids is 1. The first kappa shape index (κ1) is 12.0. The Hall–Kier alpha value is -2.04. The second-order valence-corrected chi connectivity index (χ2v) is 3.14. The van der Waals surface area contributed by atoms with Crippen molar-refractivity contribution in [1.29, 1.82) is 0 Å². The van der Waals surface area contributed by atoms with Crippen molar-refractivity contribution in [2.75, 3.05) is 6.61 Å². The zero-order valence-electron chi connectivity index (χ0n) is 8.77. The van der Waals surface area contributed by atoms with Gasteiger partial charge in [-0.15, -0.1) is 0 Å². The van der Waals surface area contributed by atoms with E-state index < -0.39 is 11.9 Å². The molecule has 86 valence electrons. The lowest BCUT2D eigenvalue weighted by Crippen LogP contribution is -2.06. The number of hydrogen-bond acceptors (Lipinski definition) is 3. The van der Waals surface area contributed by atoms with Crippen LogP contribution >= 0.6 is 0 Å². The maximum Gasteiger partial charge on any atom is 0.339 e. The standard InChI is InChI=1S/C11H12O5/c1-2-16-9-4-3-7(6-10(12)13)5-8(9)11(14)15/h3-5H,2,6H2,1H3,(H,12,13)(H,14,15). The van der Waals surface area contributed by atoms with Gasteiger partial charge in [0.2, 0.25) is 0 Å². The summed E-state index contributed by atoms with van der Waals surface area (Å²) in [5.41, 5.74) is 0.425. The van der Waals surface area contributed by atoms with Gasteiger partial charge in [-0.2, -0.15) is 0 Å². The molecule has 5 heteroatoms. The van der Waals surface area contributed by atoms with Gasteiger partial charge in [0, 0.05) is 0 Å². The summed E-state index contributed by atoms with van der Waals surface area (Å²) in [7, 11) is 0. The SMILES string of the molecule is CCOc1ccc(CC(=O)O)cc1C(=O)O. The Balaban J connectivity index is 3.06. The molecule has 0 heterocycles. The summed E-state index contributed by atoms with van der Waals surface area (Å²) in [6.45, 7) is 2.11. The second kappa shape index (κ2) is 5.16. The van der Waals surface area contributed by atoms with Crippen LogP contribution in [0.4, 0.5) is 0 Å². The molecule has 0 aliphatic rings. The smallest absolute Gasteiger partial charge is 0.339 e. The van der Waals surface area contributed by atoms with Crippen molar-refractivity contribution in [2.45, 2.75) is 13.3 Å². The van der Waals surface area contributed by atoms with Crippen LogP contribution in [-0.2, 0) is 11.2 Å². The van der Waals surface area contributed by atoms with Crippen LogP contribution in [0.3, 0.4) is 0 Å². The molecule has 0 spiro atoms. The van der Waals surface area contributed by atoms with Crippen molar-refractivity contribution < 1.29 is 24.5 Å². The van der Waals surface area contributed by atoms with Gasteiger partial charge in [-0.1, -0.05) is 6.07 Å². The minimum atomic E-state index is -1.13. The normalized spacial score (nSPS) is 9.81. The van der Waals surface area contributed by atoms with Crippen molar-refractivity contribution in [3.63, 3.8) is 0 Å². The van der Waals surface area contributed by atoms with Crippen LogP contribution in [0.25, 0.3) is 0 Å². The molecule has 16 heavy (non-hydrogen) atoms. The van der Waals surface area contributed by atoms with Gasteiger partial charge in [0.25, 0.3) is 0 Å². The van der Waals surface area contributed by atoms with E-state index in [1.54, 1.807) is 13.0 Å². The lowest BCUT2D eigenvalue weighted by atomic mass is 10.1. The Bertz CT molecular complexity index is 411. The van der Waals surface area contributed by atoms with Gasteiger partial charge in [0.1, 0.15) is 11.3 Å². The van der Waals surface area contributed by atoms with E-state index in [2.05, 4.69) is 0 Å². The Labute approximate surface area is 92.3 Å². The molecule has 2 N–H and O–H groups in total. The molecule has 0 fully saturated rings. The van der Waals surface area contributed by atoms with E-state index in [-0.39, 0.29) is 17.7 Å². The molecular weight excluding hydrogens is 212 g/mol. The van der Waals surface area contributed by atoms with Crippen molar-refractivity contribution in [1.82, 2.24) is 0 Å². The highest BCUT2D eigenvalue weighted by atomic mass is 16.5. The minimum Gasteiger partial charge on any atom is -0.493 e. The van der Waals surface area contributed by atoms with Crippen LogP contribution in [0.2, 0.25) is 0 Å². The molecular formula is C11H12O5. The summed E-state index contributed by atoms with van der Waals surface area (Å²) in [4.78, 5) is 21.4. The molecule has 0 unspecified atom stereocenters. The summed E-state index contributed by atoms with van der Waals surface area (Å²) < 4.78 is 5.13. The van der Waals surface area contributed by atoms with E-state index >= 15 is 0 Å². The van der Waals surface area contributed by atoms with Gasteiger partial charge >= 0.3 is 11.9 Å². The predicted molar refractivity (Wildman–Crippen MR) is 55.9 cm³/mol. The number of carboxylic acid groups (broad SMARTS) is 2. The van der Waals surface area contributed by atoms with Crippen LogP contribution in [0.5, 0.6) is 5.75 Å².